The Morgan fingerprint density at radius 3 is 2.67 bits per heavy atom. The van der Waals surface area contributed by atoms with Crippen molar-refractivity contribution < 1.29 is 4.79 Å². The highest BCUT2D eigenvalue weighted by Gasteiger charge is 2.21. The van der Waals surface area contributed by atoms with Crippen molar-refractivity contribution in [2.75, 3.05) is 0 Å². The molecule has 0 radical (unpaired) electrons. The van der Waals surface area contributed by atoms with Crippen molar-refractivity contribution in [1.82, 2.24) is 0 Å². The Bertz CT molecular complexity index is 439. The van der Waals surface area contributed by atoms with E-state index in [-0.39, 0.29) is 11.7 Å². The normalized spacial score (nSPS) is 20.6. The summed E-state index contributed by atoms with van der Waals surface area (Å²) in [4.78, 5) is 11.3. The van der Waals surface area contributed by atoms with Crippen molar-refractivity contribution in [3.05, 3.63) is 42.0 Å². The molecule has 2 heteroatoms. The van der Waals surface area contributed by atoms with Crippen LogP contribution in [0.3, 0.4) is 0 Å². The van der Waals surface area contributed by atoms with Gasteiger partial charge in [-0.1, -0.05) is 30.3 Å². The zero-order chi connectivity index (χ0) is 10.7. The van der Waals surface area contributed by atoms with Gasteiger partial charge in [-0.25, -0.2) is 0 Å². The van der Waals surface area contributed by atoms with E-state index in [2.05, 4.69) is 6.07 Å². The average Bonchev–Trinajstić information content (AvgIpc) is 2.30. The van der Waals surface area contributed by atoms with Crippen LogP contribution in [0.2, 0.25) is 0 Å². The number of carbonyl (C=O) groups is 1. The fourth-order valence-electron chi connectivity index (χ4n) is 1.84. The molecule has 74 valence electrons. The average molecular weight is 197 g/mol. The largest absolute Gasteiger partial charge is 0.295 e. The summed E-state index contributed by atoms with van der Waals surface area (Å²) in [7, 11) is 0. The summed E-state index contributed by atoms with van der Waals surface area (Å²) in [6.45, 7) is 0. The third-order valence-corrected chi connectivity index (χ3v) is 2.63. The van der Waals surface area contributed by atoms with Gasteiger partial charge in [0, 0.05) is 6.42 Å². The lowest BCUT2D eigenvalue weighted by Crippen LogP contribution is -2.11. The first-order valence-corrected chi connectivity index (χ1v) is 5.00. The maximum absolute atomic E-state index is 11.3. The Hall–Kier alpha value is -1.88. The smallest absolute Gasteiger partial charge is 0.156 e. The van der Waals surface area contributed by atoms with Crippen LogP contribution in [0.4, 0.5) is 0 Å². The molecule has 0 N–H and O–H groups in total. The van der Waals surface area contributed by atoms with Gasteiger partial charge in [-0.3, -0.25) is 4.79 Å². The second-order valence-corrected chi connectivity index (χ2v) is 3.65. The van der Waals surface area contributed by atoms with Crippen molar-refractivity contribution in [3.8, 4) is 6.07 Å². The first kappa shape index (κ1) is 9.67. The molecule has 15 heavy (non-hydrogen) atoms. The number of nitrogens with zero attached hydrogens (tertiary/aromatic N) is 1. The predicted octanol–water partition coefficient (Wildman–Crippen LogP) is 2.57. The van der Waals surface area contributed by atoms with E-state index in [1.165, 1.54) is 0 Å². The van der Waals surface area contributed by atoms with E-state index in [9.17, 15) is 4.79 Å². The minimum Gasteiger partial charge on any atom is -0.295 e. The molecule has 0 aliphatic heterocycles. The molecule has 0 heterocycles. The van der Waals surface area contributed by atoms with Crippen molar-refractivity contribution in [2.24, 2.45) is 5.92 Å². The van der Waals surface area contributed by atoms with Gasteiger partial charge in [-0.05, 0) is 23.6 Å². The van der Waals surface area contributed by atoms with Crippen molar-refractivity contribution in [1.29, 1.82) is 5.26 Å². The van der Waals surface area contributed by atoms with Gasteiger partial charge in [0.05, 0.1) is 12.0 Å². The molecular formula is C13H11NO. The molecule has 1 aliphatic carbocycles. The van der Waals surface area contributed by atoms with Crippen LogP contribution in [0.15, 0.2) is 36.4 Å². The molecule has 1 aliphatic rings. The molecule has 0 fully saturated rings. The zero-order valence-corrected chi connectivity index (χ0v) is 8.31. The molecule has 0 spiro atoms. The number of rotatable bonds is 1. The van der Waals surface area contributed by atoms with Gasteiger partial charge in [0.1, 0.15) is 0 Å². The van der Waals surface area contributed by atoms with Gasteiger partial charge in [-0.2, -0.15) is 5.26 Å². The van der Waals surface area contributed by atoms with E-state index < -0.39 is 0 Å². The van der Waals surface area contributed by atoms with Crippen LogP contribution in [-0.4, -0.2) is 5.78 Å². The van der Waals surface area contributed by atoms with Crippen molar-refractivity contribution >= 4 is 11.4 Å². The van der Waals surface area contributed by atoms with E-state index in [0.29, 0.717) is 12.8 Å². The van der Waals surface area contributed by atoms with Gasteiger partial charge in [0.2, 0.25) is 0 Å². The molecule has 1 aromatic rings. The van der Waals surface area contributed by atoms with Crippen molar-refractivity contribution in [3.63, 3.8) is 0 Å². The van der Waals surface area contributed by atoms with Gasteiger partial charge in [0.15, 0.2) is 5.78 Å². The van der Waals surface area contributed by atoms with E-state index in [4.69, 9.17) is 5.26 Å². The number of hydrogen-bond donors (Lipinski definition) is 0. The standard InChI is InChI=1S/C13H11NO/c14-9-11-6-7-12(15)8-13(11)10-4-2-1-3-5-10/h1-5,8,11H,6-7H2. The summed E-state index contributed by atoms with van der Waals surface area (Å²) in [5, 5.41) is 9.01. The van der Waals surface area contributed by atoms with Crippen molar-refractivity contribution in [2.45, 2.75) is 12.8 Å². The Morgan fingerprint density at radius 2 is 2.00 bits per heavy atom. The van der Waals surface area contributed by atoms with Crippen LogP contribution in [0.25, 0.3) is 5.57 Å². The first-order chi connectivity index (χ1) is 7.31. The third-order valence-electron chi connectivity index (χ3n) is 2.63. The first-order valence-electron chi connectivity index (χ1n) is 5.00. The summed E-state index contributed by atoms with van der Waals surface area (Å²) in [6.07, 6.45) is 2.76. The zero-order valence-electron chi connectivity index (χ0n) is 8.31. The number of allylic oxidation sites excluding steroid dienone is 2. The van der Waals surface area contributed by atoms with Gasteiger partial charge >= 0.3 is 0 Å². The van der Waals surface area contributed by atoms with E-state index in [1.807, 2.05) is 30.3 Å². The summed E-state index contributed by atoms with van der Waals surface area (Å²) in [6, 6.07) is 11.9. The molecule has 0 saturated heterocycles. The maximum atomic E-state index is 11.3. The Labute approximate surface area is 88.8 Å². The van der Waals surface area contributed by atoms with E-state index in [0.717, 1.165) is 11.1 Å². The molecular weight excluding hydrogens is 186 g/mol. The lowest BCUT2D eigenvalue weighted by Gasteiger charge is -2.17. The number of nitriles is 1. The highest BCUT2D eigenvalue weighted by Crippen LogP contribution is 2.30. The van der Waals surface area contributed by atoms with Gasteiger partial charge in [0.25, 0.3) is 0 Å². The highest BCUT2D eigenvalue weighted by atomic mass is 16.1. The molecule has 0 bridgehead atoms. The fraction of sp³-hybridized carbons (Fsp3) is 0.231. The minimum absolute atomic E-state index is 0.125. The number of benzene rings is 1. The van der Waals surface area contributed by atoms with Gasteiger partial charge < -0.3 is 0 Å². The minimum atomic E-state index is -0.134. The Balaban J connectivity index is 2.42. The predicted molar refractivity (Wildman–Crippen MR) is 57.8 cm³/mol. The molecule has 1 atom stereocenters. The SMILES string of the molecule is N#CC1CCC(=O)C=C1c1ccccc1. The summed E-state index contributed by atoms with van der Waals surface area (Å²) >= 11 is 0. The molecule has 2 nitrogen and oxygen atoms in total. The maximum Gasteiger partial charge on any atom is 0.156 e. The van der Waals surface area contributed by atoms with Crippen LogP contribution in [0, 0.1) is 17.2 Å². The number of hydrogen-bond acceptors (Lipinski definition) is 2. The lowest BCUT2D eigenvalue weighted by molar-refractivity contribution is -0.115. The molecule has 2 rings (SSSR count). The molecule has 1 aromatic carbocycles. The van der Waals surface area contributed by atoms with Gasteiger partial charge in [-0.15, -0.1) is 0 Å². The monoisotopic (exact) mass is 197 g/mol. The highest BCUT2D eigenvalue weighted by molar-refractivity contribution is 5.99. The topological polar surface area (TPSA) is 40.9 Å². The quantitative estimate of drug-likeness (QED) is 0.694. The molecule has 1 unspecified atom stereocenters. The van der Waals surface area contributed by atoms with Crippen LogP contribution in [0.5, 0.6) is 0 Å². The summed E-state index contributed by atoms with van der Waals surface area (Å²) in [5.41, 5.74) is 1.85. The number of carbonyl (C=O) groups excluding carboxylic acids is 1. The molecule has 0 aromatic heterocycles. The summed E-state index contributed by atoms with van der Waals surface area (Å²) < 4.78 is 0. The molecule has 0 amide bonds. The Kier molecular flexibility index (Phi) is 2.64. The van der Waals surface area contributed by atoms with Crippen LogP contribution >= 0.6 is 0 Å². The van der Waals surface area contributed by atoms with Crippen LogP contribution in [0.1, 0.15) is 18.4 Å². The van der Waals surface area contributed by atoms with E-state index >= 15 is 0 Å². The van der Waals surface area contributed by atoms with Crippen LogP contribution < -0.4 is 0 Å². The molecule has 0 saturated carbocycles. The second kappa shape index (κ2) is 4.10. The second-order valence-electron chi connectivity index (χ2n) is 3.65. The Morgan fingerprint density at radius 1 is 1.27 bits per heavy atom. The fourth-order valence-corrected chi connectivity index (χ4v) is 1.84. The van der Waals surface area contributed by atoms with Crippen LogP contribution in [-0.2, 0) is 4.79 Å². The lowest BCUT2D eigenvalue weighted by atomic mass is 9.84. The summed E-state index contributed by atoms with van der Waals surface area (Å²) in [5.74, 6) is -0.00884. The van der Waals surface area contributed by atoms with E-state index in [1.54, 1.807) is 6.08 Å². The number of ketones is 1. The third kappa shape index (κ3) is 1.97.